The predicted molar refractivity (Wildman–Crippen MR) is 87.1 cm³/mol. The number of carbonyl (C=O) groups excluding carboxylic acids is 1. The van der Waals surface area contributed by atoms with Gasteiger partial charge in [0, 0.05) is 32.2 Å². The van der Waals surface area contributed by atoms with Crippen molar-refractivity contribution in [2.75, 3.05) is 39.4 Å². The summed E-state index contributed by atoms with van der Waals surface area (Å²) in [6.07, 6.45) is 3.22. The van der Waals surface area contributed by atoms with Gasteiger partial charge in [-0.15, -0.1) is 0 Å². The second-order valence-electron chi connectivity index (χ2n) is 4.02. The van der Waals surface area contributed by atoms with Gasteiger partial charge in [0.05, 0.1) is 13.2 Å². The van der Waals surface area contributed by atoms with Crippen LogP contribution in [0.4, 0.5) is 0 Å². The Kier molecular flexibility index (Phi) is 17.8. The fourth-order valence-corrected chi connectivity index (χ4v) is 2.30. The van der Waals surface area contributed by atoms with Gasteiger partial charge in [-0.25, -0.2) is 0 Å². The van der Waals surface area contributed by atoms with Gasteiger partial charge in [-0.05, 0) is 12.8 Å². The molecule has 0 spiro atoms. The first-order valence-electron chi connectivity index (χ1n) is 8.41. The van der Waals surface area contributed by atoms with Crippen LogP contribution in [0.25, 0.3) is 0 Å². The van der Waals surface area contributed by atoms with E-state index < -0.39 is 0 Å². The molecule has 0 N–H and O–H groups in total. The molecule has 0 saturated carbocycles. The van der Waals surface area contributed by atoms with Crippen LogP contribution in [0.3, 0.4) is 0 Å². The molecule has 0 aromatic rings. The molecule has 0 unspecified atom stereocenters. The highest BCUT2D eigenvalue weighted by Crippen LogP contribution is 2.16. The number of carbonyl (C=O) groups is 1. The fraction of sp³-hybridized carbons (Fsp3) is 0.938. The quantitative estimate of drug-likeness (QED) is 0.732. The molecule has 0 atom stereocenters. The van der Waals surface area contributed by atoms with Crippen LogP contribution in [-0.2, 0) is 9.53 Å². The average molecular weight is 288 g/mol. The largest absolute Gasteiger partial charge is 0.379 e. The minimum absolute atomic E-state index is 0.676. The van der Waals surface area contributed by atoms with Gasteiger partial charge in [-0.3, -0.25) is 9.69 Å². The Morgan fingerprint density at radius 1 is 0.850 bits per heavy atom. The minimum atomic E-state index is 0.676. The Hall–Kier alpha value is -0.610. The first-order chi connectivity index (χ1) is 9.90. The van der Waals surface area contributed by atoms with E-state index in [1.807, 2.05) is 46.4 Å². The van der Waals surface area contributed by atoms with Crippen LogP contribution in [0.2, 0.25) is 0 Å². The highest BCUT2D eigenvalue weighted by atomic mass is 16.5. The van der Waals surface area contributed by atoms with Gasteiger partial charge < -0.3 is 9.64 Å². The predicted octanol–water partition coefficient (Wildman–Crippen LogP) is 3.02. The molecular formula is C16H36N2O2. The van der Waals surface area contributed by atoms with Crippen molar-refractivity contribution in [1.82, 2.24) is 9.80 Å². The van der Waals surface area contributed by atoms with Crippen LogP contribution in [0.5, 0.6) is 0 Å². The summed E-state index contributed by atoms with van der Waals surface area (Å²) < 4.78 is 5.32. The molecule has 0 aliphatic carbocycles. The van der Waals surface area contributed by atoms with Gasteiger partial charge in [0.15, 0.2) is 0 Å². The first kappa shape index (κ1) is 21.7. The molecule has 2 heterocycles. The maximum atomic E-state index is 10.5. The number of hydrogen-bond acceptors (Lipinski definition) is 3. The van der Waals surface area contributed by atoms with Crippen LogP contribution in [0, 0.1) is 0 Å². The Morgan fingerprint density at radius 2 is 1.30 bits per heavy atom. The van der Waals surface area contributed by atoms with Gasteiger partial charge in [0.25, 0.3) is 0 Å². The second-order valence-corrected chi connectivity index (χ2v) is 4.02. The van der Waals surface area contributed by atoms with Crippen molar-refractivity contribution < 1.29 is 9.53 Å². The third-order valence-electron chi connectivity index (χ3n) is 3.21. The molecule has 20 heavy (non-hydrogen) atoms. The van der Waals surface area contributed by atoms with Crippen molar-refractivity contribution >= 4 is 6.41 Å². The lowest BCUT2D eigenvalue weighted by molar-refractivity contribution is -0.119. The van der Waals surface area contributed by atoms with Gasteiger partial charge in [0.1, 0.15) is 0 Å². The smallest absolute Gasteiger partial charge is 0.209 e. The molecule has 122 valence electrons. The molecule has 2 fully saturated rings. The number of piperidine rings is 1. The van der Waals surface area contributed by atoms with E-state index in [0.29, 0.717) is 6.04 Å². The summed E-state index contributed by atoms with van der Waals surface area (Å²) in [5.41, 5.74) is 0. The van der Waals surface area contributed by atoms with E-state index >= 15 is 0 Å². The van der Waals surface area contributed by atoms with Crippen molar-refractivity contribution in [2.45, 2.75) is 60.4 Å². The van der Waals surface area contributed by atoms with E-state index in [1.54, 1.807) is 0 Å². The van der Waals surface area contributed by atoms with E-state index in [4.69, 9.17) is 4.74 Å². The molecule has 2 saturated heterocycles. The van der Waals surface area contributed by atoms with Crippen molar-refractivity contribution in [2.24, 2.45) is 0 Å². The molecule has 1 amide bonds. The summed E-state index contributed by atoms with van der Waals surface area (Å²) in [5, 5.41) is 0. The third kappa shape index (κ3) is 8.54. The number of rotatable bonds is 2. The van der Waals surface area contributed by atoms with Crippen molar-refractivity contribution in [3.8, 4) is 0 Å². The zero-order chi connectivity index (χ0) is 15.8. The van der Waals surface area contributed by atoms with E-state index in [2.05, 4.69) is 4.90 Å². The van der Waals surface area contributed by atoms with E-state index in [1.165, 1.54) is 0 Å². The van der Waals surface area contributed by atoms with Crippen molar-refractivity contribution in [3.05, 3.63) is 0 Å². The van der Waals surface area contributed by atoms with Gasteiger partial charge in [-0.1, -0.05) is 41.5 Å². The second kappa shape index (κ2) is 16.4. The van der Waals surface area contributed by atoms with Crippen LogP contribution in [0.1, 0.15) is 54.4 Å². The number of hydrogen-bond donors (Lipinski definition) is 0. The van der Waals surface area contributed by atoms with E-state index in [9.17, 15) is 4.79 Å². The molecule has 4 heteroatoms. The molecule has 0 aromatic heterocycles. The molecule has 2 aliphatic rings. The first-order valence-corrected chi connectivity index (χ1v) is 8.41. The summed E-state index contributed by atoms with van der Waals surface area (Å²) in [6, 6.07) is 0.676. The third-order valence-corrected chi connectivity index (χ3v) is 3.21. The Morgan fingerprint density at radius 3 is 1.70 bits per heavy atom. The zero-order valence-corrected chi connectivity index (χ0v) is 14.5. The maximum absolute atomic E-state index is 10.5. The topological polar surface area (TPSA) is 32.8 Å². The maximum Gasteiger partial charge on any atom is 0.209 e. The summed E-state index contributed by atoms with van der Waals surface area (Å²) in [4.78, 5) is 14.9. The van der Waals surface area contributed by atoms with Crippen molar-refractivity contribution in [3.63, 3.8) is 0 Å². The highest BCUT2D eigenvalue weighted by molar-refractivity contribution is 5.47. The summed E-state index contributed by atoms with van der Waals surface area (Å²) in [6.45, 7) is 17.7. The minimum Gasteiger partial charge on any atom is -0.379 e. The van der Waals surface area contributed by atoms with Gasteiger partial charge in [-0.2, -0.15) is 0 Å². The van der Waals surface area contributed by atoms with Gasteiger partial charge in [0.2, 0.25) is 6.41 Å². The molecule has 4 nitrogen and oxygen atoms in total. The van der Waals surface area contributed by atoms with Crippen LogP contribution >= 0.6 is 0 Å². The number of morpholine rings is 1. The molecule has 2 rings (SSSR count). The molecule has 0 radical (unpaired) electrons. The molecule has 2 aliphatic heterocycles. The van der Waals surface area contributed by atoms with E-state index in [-0.39, 0.29) is 0 Å². The Bertz CT molecular complexity index is 187. The number of ether oxygens (including phenoxy) is 1. The van der Waals surface area contributed by atoms with E-state index in [0.717, 1.165) is 58.6 Å². The lowest BCUT2D eigenvalue weighted by Crippen LogP contribution is -2.48. The van der Waals surface area contributed by atoms with Gasteiger partial charge >= 0.3 is 0 Å². The number of nitrogens with zero attached hydrogens (tertiary/aromatic N) is 2. The van der Waals surface area contributed by atoms with Crippen LogP contribution in [0.15, 0.2) is 0 Å². The lowest BCUT2D eigenvalue weighted by Gasteiger charge is -2.39. The summed E-state index contributed by atoms with van der Waals surface area (Å²) in [5.74, 6) is 0. The Balaban J connectivity index is 0. The SMILES string of the molecule is CC.CC.CC.O=CN1CCC(N2CCOCC2)CC1. The zero-order valence-electron chi connectivity index (χ0n) is 14.5. The van der Waals surface area contributed by atoms with Crippen LogP contribution < -0.4 is 0 Å². The normalized spacial score (nSPS) is 19.4. The highest BCUT2D eigenvalue weighted by Gasteiger charge is 2.24. The summed E-state index contributed by atoms with van der Waals surface area (Å²) >= 11 is 0. The molecular weight excluding hydrogens is 252 g/mol. The van der Waals surface area contributed by atoms with Crippen LogP contribution in [-0.4, -0.2) is 61.6 Å². The van der Waals surface area contributed by atoms with Crippen molar-refractivity contribution in [1.29, 1.82) is 0 Å². The number of amides is 1. The summed E-state index contributed by atoms with van der Waals surface area (Å²) in [7, 11) is 0. The molecule has 0 bridgehead atoms. The monoisotopic (exact) mass is 288 g/mol. The lowest BCUT2D eigenvalue weighted by atomic mass is 10.0. The number of likely N-dealkylation sites (tertiary alicyclic amines) is 1. The standard InChI is InChI=1S/C10H18N2O2.3C2H6/c13-9-11-3-1-10(2-4-11)12-5-7-14-8-6-12;3*1-2/h9-10H,1-8H2;3*1-2H3. The molecule has 0 aromatic carbocycles. The average Bonchev–Trinajstić information content (AvgIpc) is 2.61. The fourth-order valence-electron chi connectivity index (χ4n) is 2.30. The Labute approximate surface area is 126 Å².